The van der Waals surface area contributed by atoms with Crippen LogP contribution in [0.3, 0.4) is 0 Å². The fourth-order valence-electron chi connectivity index (χ4n) is 2.17. The van der Waals surface area contributed by atoms with Gasteiger partial charge in [-0.2, -0.15) is 0 Å². The lowest BCUT2D eigenvalue weighted by molar-refractivity contribution is -0.142. The lowest BCUT2D eigenvalue weighted by Crippen LogP contribution is -2.32. The smallest absolute Gasteiger partial charge is 0.330 e. The molecule has 0 amide bonds. The topological polar surface area (TPSA) is 111 Å². The van der Waals surface area contributed by atoms with Gasteiger partial charge in [-0.3, -0.25) is 19.1 Å². The van der Waals surface area contributed by atoms with Crippen LogP contribution in [0.2, 0.25) is 0 Å². The first-order chi connectivity index (χ1) is 12.9. The Kier molecular flexibility index (Phi) is 7.11. The van der Waals surface area contributed by atoms with Gasteiger partial charge in [-0.1, -0.05) is 41.7 Å². The second kappa shape index (κ2) is 9.52. The fraction of sp³-hybridized carbons (Fsp3) is 0.316. The first kappa shape index (κ1) is 20.2. The number of aromatic amines is 1. The molecule has 1 heterocycles. The predicted molar refractivity (Wildman–Crippen MR) is 96.9 cm³/mol. The third-order valence-corrected chi connectivity index (χ3v) is 3.48. The second-order valence-corrected chi connectivity index (χ2v) is 5.74. The van der Waals surface area contributed by atoms with Crippen LogP contribution in [0.4, 0.5) is 0 Å². The summed E-state index contributed by atoms with van der Waals surface area (Å²) in [5, 5.41) is 10.1. The molecule has 0 aliphatic carbocycles. The Hall–Kier alpha value is -3.15. The molecule has 2 aromatic rings. The van der Waals surface area contributed by atoms with Crippen LogP contribution in [0.15, 0.2) is 40.1 Å². The monoisotopic (exact) mass is 372 g/mol. The first-order valence-electron chi connectivity index (χ1n) is 8.18. The molecule has 27 heavy (non-hydrogen) atoms. The van der Waals surface area contributed by atoms with Crippen molar-refractivity contribution in [2.45, 2.75) is 26.7 Å². The van der Waals surface area contributed by atoms with Crippen LogP contribution in [0.1, 0.15) is 29.7 Å². The van der Waals surface area contributed by atoms with Gasteiger partial charge in [0.05, 0.1) is 6.61 Å². The quantitative estimate of drug-likeness (QED) is 0.433. The van der Waals surface area contributed by atoms with Crippen LogP contribution in [0.5, 0.6) is 0 Å². The first-order valence-corrected chi connectivity index (χ1v) is 8.18. The van der Waals surface area contributed by atoms with Gasteiger partial charge < -0.3 is 14.6 Å². The average molecular weight is 372 g/mol. The SMILES string of the molecule is CC(=O)OCCOCn1cc(C#CC(O)c2cccc(C)c2)c(=O)[nH]c1=O. The largest absolute Gasteiger partial charge is 0.463 e. The maximum atomic E-state index is 11.9. The van der Waals surface area contributed by atoms with Gasteiger partial charge in [0.1, 0.15) is 25.0 Å². The van der Waals surface area contributed by atoms with Gasteiger partial charge in [-0.25, -0.2) is 4.79 Å². The Morgan fingerprint density at radius 2 is 2.11 bits per heavy atom. The summed E-state index contributed by atoms with van der Waals surface area (Å²) in [6.45, 7) is 3.18. The molecule has 0 fully saturated rings. The minimum Gasteiger partial charge on any atom is -0.463 e. The summed E-state index contributed by atoms with van der Waals surface area (Å²) in [5.74, 6) is 4.75. The van der Waals surface area contributed by atoms with E-state index in [1.165, 1.54) is 13.1 Å². The van der Waals surface area contributed by atoms with Crippen LogP contribution in [-0.4, -0.2) is 33.8 Å². The second-order valence-electron chi connectivity index (χ2n) is 5.74. The highest BCUT2D eigenvalue weighted by Crippen LogP contribution is 2.13. The Morgan fingerprint density at radius 1 is 1.33 bits per heavy atom. The Morgan fingerprint density at radius 3 is 2.81 bits per heavy atom. The molecule has 0 radical (unpaired) electrons. The molecule has 0 bridgehead atoms. The van der Waals surface area contributed by atoms with Gasteiger partial charge in [0, 0.05) is 13.1 Å². The normalized spacial score (nSPS) is 11.4. The Bertz CT molecular complexity index is 980. The van der Waals surface area contributed by atoms with Crippen LogP contribution in [0.25, 0.3) is 0 Å². The van der Waals surface area contributed by atoms with Gasteiger partial charge in [0.2, 0.25) is 0 Å². The summed E-state index contributed by atoms with van der Waals surface area (Å²) in [4.78, 5) is 36.5. The molecular weight excluding hydrogens is 352 g/mol. The van der Waals surface area contributed by atoms with E-state index in [0.717, 1.165) is 10.1 Å². The summed E-state index contributed by atoms with van der Waals surface area (Å²) < 4.78 is 11.1. The zero-order valence-electron chi connectivity index (χ0n) is 15.0. The molecule has 0 aliphatic heterocycles. The standard InChI is InChI=1S/C19H20N2O6/c1-13-4-3-5-15(10-13)17(23)7-6-16-11-21(19(25)20-18(16)24)12-26-8-9-27-14(2)22/h3-5,10-11,17,23H,8-9,12H2,1-2H3,(H,20,24,25). The number of nitrogens with zero attached hydrogens (tertiary/aromatic N) is 1. The number of rotatable bonds is 6. The van der Waals surface area contributed by atoms with Gasteiger partial charge in [0.25, 0.3) is 5.56 Å². The molecule has 2 rings (SSSR count). The predicted octanol–water partition coefficient (Wildman–Crippen LogP) is 0.467. The van der Waals surface area contributed by atoms with Crippen molar-refractivity contribution in [2.24, 2.45) is 0 Å². The Labute approximate surface area is 155 Å². The number of benzene rings is 1. The molecule has 1 unspecified atom stereocenters. The number of aromatic nitrogens is 2. The molecule has 142 valence electrons. The Balaban J connectivity index is 2.10. The number of hydrogen-bond acceptors (Lipinski definition) is 6. The lowest BCUT2D eigenvalue weighted by Gasteiger charge is -2.07. The van der Waals surface area contributed by atoms with E-state index in [1.807, 2.05) is 13.0 Å². The highest BCUT2D eigenvalue weighted by Gasteiger charge is 2.06. The molecule has 1 aromatic carbocycles. The minimum absolute atomic E-state index is 0.0184. The minimum atomic E-state index is -1.07. The summed E-state index contributed by atoms with van der Waals surface area (Å²) >= 11 is 0. The van der Waals surface area contributed by atoms with E-state index in [0.29, 0.717) is 5.56 Å². The number of nitrogens with one attached hydrogen (secondary N) is 1. The highest BCUT2D eigenvalue weighted by molar-refractivity contribution is 5.65. The van der Waals surface area contributed by atoms with Crippen molar-refractivity contribution in [1.29, 1.82) is 0 Å². The number of aliphatic hydroxyl groups excluding tert-OH is 1. The maximum Gasteiger partial charge on any atom is 0.330 e. The number of aryl methyl sites for hydroxylation is 1. The van der Waals surface area contributed by atoms with Crippen molar-refractivity contribution in [2.75, 3.05) is 13.2 Å². The molecule has 8 heteroatoms. The summed E-state index contributed by atoms with van der Waals surface area (Å²) in [5.41, 5.74) is 0.300. The van der Waals surface area contributed by atoms with Gasteiger partial charge in [-0.05, 0) is 12.5 Å². The number of hydrogen-bond donors (Lipinski definition) is 2. The van der Waals surface area contributed by atoms with E-state index < -0.39 is 23.3 Å². The number of ether oxygens (including phenoxy) is 2. The van der Waals surface area contributed by atoms with E-state index in [9.17, 15) is 19.5 Å². The van der Waals surface area contributed by atoms with E-state index in [4.69, 9.17) is 9.47 Å². The van der Waals surface area contributed by atoms with Crippen LogP contribution >= 0.6 is 0 Å². The summed E-state index contributed by atoms with van der Waals surface area (Å²) in [6.07, 6.45) is 0.188. The maximum absolute atomic E-state index is 11.9. The van der Waals surface area contributed by atoms with Gasteiger partial charge >= 0.3 is 11.7 Å². The number of aliphatic hydroxyl groups is 1. The van der Waals surface area contributed by atoms with Crippen molar-refractivity contribution < 1.29 is 19.4 Å². The van der Waals surface area contributed by atoms with Gasteiger partial charge in [-0.15, -0.1) is 0 Å². The van der Waals surface area contributed by atoms with E-state index in [1.54, 1.807) is 18.2 Å². The van der Waals surface area contributed by atoms with Crippen molar-refractivity contribution in [3.8, 4) is 11.8 Å². The van der Waals surface area contributed by atoms with Crippen LogP contribution in [0, 0.1) is 18.8 Å². The molecule has 0 aliphatic rings. The summed E-state index contributed by atoms with van der Waals surface area (Å²) in [6, 6.07) is 7.22. The van der Waals surface area contributed by atoms with Crippen molar-refractivity contribution in [1.82, 2.24) is 9.55 Å². The number of carbonyl (C=O) groups is 1. The molecule has 0 spiro atoms. The number of H-pyrrole nitrogens is 1. The van der Waals surface area contributed by atoms with Crippen molar-refractivity contribution in [3.63, 3.8) is 0 Å². The zero-order valence-corrected chi connectivity index (χ0v) is 15.0. The molecule has 1 atom stereocenters. The third-order valence-electron chi connectivity index (χ3n) is 3.48. The molecular formula is C19H20N2O6. The van der Waals surface area contributed by atoms with Crippen molar-refractivity contribution >= 4 is 5.97 Å². The highest BCUT2D eigenvalue weighted by atomic mass is 16.6. The van der Waals surface area contributed by atoms with Crippen LogP contribution in [-0.2, 0) is 21.0 Å². The number of carbonyl (C=O) groups excluding carboxylic acids is 1. The molecule has 8 nitrogen and oxygen atoms in total. The van der Waals surface area contributed by atoms with Gasteiger partial charge in [0.15, 0.2) is 0 Å². The molecule has 0 saturated carbocycles. The average Bonchev–Trinajstić information content (AvgIpc) is 2.61. The zero-order chi connectivity index (χ0) is 19.8. The molecule has 2 N–H and O–H groups in total. The van der Waals surface area contributed by atoms with Crippen molar-refractivity contribution in [3.05, 3.63) is 68.0 Å². The number of esters is 1. The summed E-state index contributed by atoms with van der Waals surface area (Å²) in [7, 11) is 0. The van der Waals surface area contributed by atoms with E-state index >= 15 is 0 Å². The van der Waals surface area contributed by atoms with E-state index in [-0.39, 0.29) is 25.5 Å². The fourth-order valence-corrected chi connectivity index (χ4v) is 2.17. The van der Waals surface area contributed by atoms with E-state index in [2.05, 4.69) is 16.8 Å². The van der Waals surface area contributed by atoms with Crippen LogP contribution < -0.4 is 11.2 Å². The molecule has 0 saturated heterocycles. The lowest BCUT2D eigenvalue weighted by atomic mass is 10.1. The third kappa shape index (κ3) is 6.26. The molecule has 1 aromatic heterocycles.